The number of unbranched alkanes of at least 4 members (excludes halogenated alkanes) is 1. The highest BCUT2D eigenvalue weighted by Crippen LogP contribution is 2.36. The summed E-state index contributed by atoms with van der Waals surface area (Å²) in [5, 5.41) is 2.67. The normalized spacial score (nSPS) is 14.8. The van der Waals surface area contributed by atoms with Crippen LogP contribution in [0.2, 0.25) is 0 Å². The molecule has 2 aromatic carbocycles. The number of rotatable bonds is 11. The minimum atomic E-state index is -1.08. The van der Waals surface area contributed by atoms with Crippen molar-refractivity contribution in [2.24, 2.45) is 11.7 Å². The lowest BCUT2D eigenvalue weighted by atomic mass is 10.0. The molecule has 34 heavy (non-hydrogen) atoms. The van der Waals surface area contributed by atoms with Crippen molar-refractivity contribution < 1.29 is 19.2 Å². The average Bonchev–Trinajstić information content (AvgIpc) is 3.62. The van der Waals surface area contributed by atoms with E-state index in [0.717, 1.165) is 31.2 Å². The number of amides is 2. The molecule has 0 bridgehead atoms. The van der Waals surface area contributed by atoms with Crippen LogP contribution in [0, 0.1) is 5.92 Å². The van der Waals surface area contributed by atoms with Gasteiger partial charge in [-0.05, 0) is 61.1 Å². The Morgan fingerprint density at radius 1 is 0.912 bits per heavy atom. The second-order valence-electron chi connectivity index (χ2n) is 9.44. The average molecular weight is 466 g/mol. The molecular weight excluding hydrogens is 430 g/mol. The van der Waals surface area contributed by atoms with Gasteiger partial charge < -0.3 is 15.9 Å². The second-order valence-corrected chi connectivity index (χ2v) is 9.44. The molecule has 1 aliphatic rings. The molecule has 0 spiro atoms. The molecule has 7 nitrogen and oxygen atoms in total. The molecule has 1 atom stereocenters. The molecule has 0 heterocycles. The van der Waals surface area contributed by atoms with Gasteiger partial charge in [0.1, 0.15) is 5.54 Å². The minimum absolute atomic E-state index is 0.0489. The fraction of sp³-hybridized carbons (Fsp3) is 0.444. The van der Waals surface area contributed by atoms with Crippen LogP contribution in [0.25, 0.3) is 0 Å². The second kappa shape index (κ2) is 11.8. The summed E-state index contributed by atoms with van der Waals surface area (Å²) in [6.07, 6.45) is 5.32. The Balaban J connectivity index is 1.37. The van der Waals surface area contributed by atoms with E-state index >= 15 is 0 Å². The molecule has 1 fully saturated rings. The molecule has 1 unspecified atom stereocenters. The van der Waals surface area contributed by atoms with Gasteiger partial charge >= 0.3 is 5.97 Å². The summed E-state index contributed by atoms with van der Waals surface area (Å²) < 4.78 is 0. The Morgan fingerprint density at radius 2 is 1.47 bits per heavy atom. The number of hydrogen-bond donors (Lipinski definition) is 3. The highest BCUT2D eigenvalue weighted by atomic mass is 16.7. The van der Waals surface area contributed by atoms with Crippen LogP contribution in [0.5, 0.6) is 0 Å². The topological polar surface area (TPSA) is 111 Å². The molecule has 0 saturated heterocycles. The molecule has 3 rings (SSSR count). The van der Waals surface area contributed by atoms with Gasteiger partial charge in [0.15, 0.2) is 0 Å². The molecule has 2 amide bonds. The number of carbonyl (C=O) groups is 3. The summed E-state index contributed by atoms with van der Waals surface area (Å²) in [4.78, 5) is 41.7. The van der Waals surface area contributed by atoms with Crippen LogP contribution in [-0.4, -0.2) is 29.4 Å². The molecule has 7 heteroatoms. The zero-order valence-electron chi connectivity index (χ0n) is 20.0. The maximum atomic E-state index is 12.4. The van der Waals surface area contributed by atoms with Crippen LogP contribution in [0.4, 0.5) is 0 Å². The van der Waals surface area contributed by atoms with Crippen LogP contribution in [0.15, 0.2) is 54.6 Å². The SMILES string of the molecule is CC(C)C(N)C(=O)NC1(C(=O)ONC(=O)Cc2ccc(CCCCc3ccccc3)cc2)CC1. The highest BCUT2D eigenvalue weighted by Gasteiger charge is 2.53. The van der Waals surface area contributed by atoms with Crippen LogP contribution in [-0.2, 0) is 38.5 Å². The number of hydrogen-bond acceptors (Lipinski definition) is 5. The first-order valence-corrected chi connectivity index (χ1v) is 12.0. The lowest BCUT2D eigenvalue weighted by molar-refractivity contribution is -0.162. The predicted molar refractivity (Wildman–Crippen MR) is 130 cm³/mol. The number of benzene rings is 2. The summed E-state index contributed by atoms with van der Waals surface area (Å²) in [7, 11) is 0. The van der Waals surface area contributed by atoms with Crippen molar-refractivity contribution in [2.45, 2.75) is 70.4 Å². The van der Waals surface area contributed by atoms with E-state index in [1.54, 1.807) is 0 Å². The summed E-state index contributed by atoms with van der Waals surface area (Å²) in [5.74, 6) is -1.54. The molecular formula is C27H35N3O4. The van der Waals surface area contributed by atoms with E-state index in [1.165, 1.54) is 11.1 Å². The molecule has 0 radical (unpaired) electrons. The maximum Gasteiger partial charge on any atom is 0.357 e. The van der Waals surface area contributed by atoms with Gasteiger partial charge in [-0.3, -0.25) is 9.59 Å². The highest BCUT2D eigenvalue weighted by molar-refractivity contribution is 5.93. The standard InChI is InChI=1S/C27H35N3O4/c1-19(2)24(28)25(32)29-27(16-17-27)26(33)34-30-23(31)18-22-14-12-21(13-15-22)11-7-6-10-20-8-4-3-5-9-20/h3-5,8-9,12-15,19,24H,6-7,10-11,16-18,28H2,1-2H3,(H,29,32)(H,30,31). The van der Waals surface area contributed by atoms with E-state index in [0.29, 0.717) is 12.8 Å². The van der Waals surface area contributed by atoms with E-state index in [-0.39, 0.29) is 12.3 Å². The Morgan fingerprint density at radius 3 is 2.03 bits per heavy atom. The van der Waals surface area contributed by atoms with Gasteiger partial charge in [0.25, 0.3) is 5.91 Å². The number of aryl methyl sites for hydroxylation is 2. The van der Waals surface area contributed by atoms with Gasteiger partial charge in [-0.2, -0.15) is 5.48 Å². The summed E-state index contributed by atoms with van der Waals surface area (Å²) >= 11 is 0. The molecule has 1 aliphatic carbocycles. The summed E-state index contributed by atoms with van der Waals surface area (Å²) in [6.45, 7) is 3.67. The Hall–Kier alpha value is -3.19. The van der Waals surface area contributed by atoms with E-state index in [1.807, 2.05) is 44.2 Å². The third-order valence-electron chi connectivity index (χ3n) is 6.19. The molecule has 4 N–H and O–H groups in total. The summed E-state index contributed by atoms with van der Waals surface area (Å²) in [5.41, 5.74) is 10.4. The smallest absolute Gasteiger partial charge is 0.339 e. The van der Waals surface area contributed by atoms with Crippen molar-refractivity contribution in [2.75, 3.05) is 0 Å². The van der Waals surface area contributed by atoms with Gasteiger partial charge in [0.05, 0.1) is 12.5 Å². The summed E-state index contributed by atoms with van der Waals surface area (Å²) in [6, 6.07) is 17.7. The van der Waals surface area contributed by atoms with Crippen LogP contribution >= 0.6 is 0 Å². The molecule has 182 valence electrons. The molecule has 0 aliphatic heterocycles. The van der Waals surface area contributed by atoms with Gasteiger partial charge in [-0.25, -0.2) is 4.79 Å². The first kappa shape index (κ1) is 25.4. The van der Waals surface area contributed by atoms with Crippen LogP contribution in [0.1, 0.15) is 56.2 Å². The number of carbonyl (C=O) groups excluding carboxylic acids is 3. The lowest BCUT2D eigenvalue weighted by Gasteiger charge is -2.20. The predicted octanol–water partition coefficient (Wildman–Crippen LogP) is 3.00. The largest absolute Gasteiger partial charge is 0.357 e. The zero-order valence-corrected chi connectivity index (χ0v) is 20.0. The van der Waals surface area contributed by atoms with E-state index < -0.39 is 29.4 Å². The van der Waals surface area contributed by atoms with Crippen LogP contribution < -0.4 is 16.5 Å². The monoisotopic (exact) mass is 465 g/mol. The minimum Gasteiger partial charge on any atom is -0.339 e. The fourth-order valence-electron chi connectivity index (χ4n) is 3.68. The van der Waals surface area contributed by atoms with Crippen molar-refractivity contribution in [3.63, 3.8) is 0 Å². The van der Waals surface area contributed by atoms with E-state index in [2.05, 4.69) is 35.1 Å². The Labute approximate surface area is 201 Å². The first-order chi connectivity index (χ1) is 16.3. The van der Waals surface area contributed by atoms with Crippen LogP contribution in [0.3, 0.4) is 0 Å². The number of nitrogens with two attached hydrogens (primary N) is 1. The quantitative estimate of drug-likeness (QED) is 0.349. The maximum absolute atomic E-state index is 12.4. The van der Waals surface area contributed by atoms with E-state index in [4.69, 9.17) is 10.6 Å². The fourth-order valence-corrected chi connectivity index (χ4v) is 3.68. The van der Waals surface area contributed by atoms with Crippen molar-refractivity contribution in [1.29, 1.82) is 0 Å². The Kier molecular flexibility index (Phi) is 8.82. The van der Waals surface area contributed by atoms with Gasteiger partial charge in [-0.15, -0.1) is 0 Å². The first-order valence-electron chi connectivity index (χ1n) is 12.0. The van der Waals surface area contributed by atoms with Crippen molar-refractivity contribution in [1.82, 2.24) is 10.8 Å². The number of nitrogens with one attached hydrogen (secondary N) is 2. The third kappa shape index (κ3) is 7.42. The van der Waals surface area contributed by atoms with Crippen molar-refractivity contribution in [3.05, 3.63) is 71.3 Å². The van der Waals surface area contributed by atoms with Crippen molar-refractivity contribution in [3.8, 4) is 0 Å². The van der Waals surface area contributed by atoms with Gasteiger partial charge in [0, 0.05) is 0 Å². The Bertz CT molecular complexity index is 969. The third-order valence-corrected chi connectivity index (χ3v) is 6.19. The van der Waals surface area contributed by atoms with Gasteiger partial charge in [-0.1, -0.05) is 68.4 Å². The molecule has 2 aromatic rings. The van der Waals surface area contributed by atoms with E-state index in [9.17, 15) is 14.4 Å². The number of hydroxylamine groups is 1. The van der Waals surface area contributed by atoms with Crippen molar-refractivity contribution >= 4 is 17.8 Å². The van der Waals surface area contributed by atoms with Gasteiger partial charge in [0.2, 0.25) is 5.91 Å². The molecule has 0 aromatic heterocycles. The molecule has 1 saturated carbocycles. The lowest BCUT2D eigenvalue weighted by Crippen LogP contribution is -2.53. The zero-order chi connectivity index (χ0) is 24.6.